The molecule has 2 amide bonds. The van der Waals surface area contributed by atoms with E-state index in [1.807, 2.05) is 30.3 Å². The molecule has 110 valence electrons. The van der Waals surface area contributed by atoms with Crippen LogP contribution in [-0.2, 0) is 0 Å². The molecule has 0 bridgehead atoms. The summed E-state index contributed by atoms with van der Waals surface area (Å²) in [6, 6.07) is 10.9. The van der Waals surface area contributed by atoms with E-state index in [1.54, 1.807) is 36.1 Å². The minimum atomic E-state index is -0.130. The maximum Gasteiger partial charge on any atom is 0.323 e. The summed E-state index contributed by atoms with van der Waals surface area (Å²) in [5.41, 5.74) is 0.717. The van der Waals surface area contributed by atoms with E-state index in [9.17, 15) is 4.79 Å². The Hall–Kier alpha value is -2.08. The molecule has 1 saturated heterocycles. The molecule has 3 rings (SSSR count). The lowest BCUT2D eigenvalue weighted by molar-refractivity contribution is 0.209. The highest BCUT2D eigenvalue weighted by Crippen LogP contribution is 2.38. The second-order valence-electron chi connectivity index (χ2n) is 4.59. The van der Waals surface area contributed by atoms with Crippen molar-refractivity contribution in [2.75, 3.05) is 24.7 Å². The normalized spacial score (nSPS) is 17.8. The van der Waals surface area contributed by atoms with Crippen LogP contribution in [0.15, 0.2) is 47.1 Å². The number of furan rings is 1. The largest absolute Gasteiger partial charge is 0.497 e. The quantitative estimate of drug-likeness (QED) is 0.942. The van der Waals surface area contributed by atoms with Crippen LogP contribution in [0.25, 0.3) is 0 Å². The molecule has 2 heterocycles. The van der Waals surface area contributed by atoms with Gasteiger partial charge in [-0.1, -0.05) is 6.07 Å². The summed E-state index contributed by atoms with van der Waals surface area (Å²) < 4.78 is 10.6. The van der Waals surface area contributed by atoms with Crippen LogP contribution in [0.3, 0.4) is 0 Å². The Bertz CT molecular complexity index is 615. The molecular formula is C15H16N2O3S. The number of benzene rings is 1. The molecule has 0 spiro atoms. The minimum Gasteiger partial charge on any atom is -0.497 e. The lowest BCUT2D eigenvalue weighted by Crippen LogP contribution is -2.34. The first-order valence-electron chi connectivity index (χ1n) is 6.64. The average Bonchev–Trinajstić information content (AvgIpc) is 3.18. The van der Waals surface area contributed by atoms with Crippen molar-refractivity contribution in [3.8, 4) is 5.75 Å². The van der Waals surface area contributed by atoms with Crippen molar-refractivity contribution in [3.05, 3.63) is 48.4 Å². The third-order valence-corrected chi connectivity index (χ3v) is 4.48. The van der Waals surface area contributed by atoms with Crippen molar-refractivity contribution >= 4 is 23.5 Å². The Morgan fingerprint density at radius 3 is 3.10 bits per heavy atom. The topological polar surface area (TPSA) is 54.7 Å². The number of nitrogens with one attached hydrogen (secondary N) is 1. The van der Waals surface area contributed by atoms with Gasteiger partial charge in [-0.3, -0.25) is 0 Å². The van der Waals surface area contributed by atoms with Gasteiger partial charge in [0.05, 0.1) is 13.4 Å². The highest BCUT2D eigenvalue weighted by atomic mass is 32.2. The number of amides is 2. The lowest BCUT2D eigenvalue weighted by Gasteiger charge is -2.22. The summed E-state index contributed by atoms with van der Waals surface area (Å²) in [6.07, 6.45) is 1.63. The van der Waals surface area contributed by atoms with E-state index in [1.165, 1.54) is 0 Å². The number of anilines is 1. The summed E-state index contributed by atoms with van der Waals surface area (Å²) in [6.45, 7) is 0.700. The number of nitrogens with zero attached hydrogens (tertiary/aromatic N) is 1. The van der Waals surface area contributed by atoms with Crippen molar-refractivity contribution in [2.24, 2.45) is 0 Å². The number of thioether (sulfide) groups is 1. The van der Waals surface area contributed by atoms with Crippen LogP contribution in [0, 0.1) is 0 Å². The Balaban J connectivity index is 1.72. The van der Waals surface area contributed by atoms with Gasteiger partial charge in [0, 0.05) is 24.1 Å². The molecule has 0 saturated carbocycles. The summed E-state index contributed by atoms with van der Waals surface area (Å²) in [7, 11) is 1.60. The number of rotatable bonds is 3. The highest BCUT2D eigenvalue weighted by molar-refractivity contribution is 7.99. The molecule has 1 atom stereocenters. The number of carbonyl (C=O) groups excluding carboxylic acids is 1. The maximum absolute atomic E-state index is 12.4. The average molecular weight is 304 g/mol. The molecule has 1 aliphatic rings. The van der Waals surface area contributed by atoms with Crippen LogP contribution in [0.4, 0.5) is 10.5 Å². The number of methoxy groups -OCH3 is 1. The fourth-order valence-electron chi connectivity index (χ4n) is 2.24. The number of carbonyl (C=O) groups is 1. The zero-order chi connectivity index (χ0) is 14.7. The van der Waals surface area contributed by atoms with Crippen molar-refractivity contribution in [1.82, 2.24) is 4.90 Å². The van der Waals surface area contributed by atoms with Crippen LogP contribution in [-0.4, -0.2) is 30.3 Å². The Morgan fingerprint density at radius 1 is 1.43 bits per heavy atom. The first kappa shape index (κ1) is 13.9. The molecule has 0 radical (unpaired) electrons. The van der Waals surface area contributed by atoms with Crippen molar-refractivity contribution in [3.63, 3.8) is 0 Å². The third-order valence-electron chi connectivity index (χ3n) is 3.26. The van der Waals surface area contributed by atoms with Gasteiger partial charge in [-0.2, -0.15) is 0 Å². The molecule has 21 heavy (non-hydrogen) atoms. The molecule has 1 aromatic heterocycles. The van der Waals surface area contributed by atoms with Crippen LogP contribution in [0.5, 0.6) is 5.75 Å². The molecule has 0 unspecified atom stereocenters. The molecule has 1 aliphatic heterocycles. The number of hydrogen-bond donors (Lipinski definition) is 1. The zero-order valence-corrected chi connectivity index (χ0v) is 12.4. The monoisotopic (exact) mass is 304 g/mol. The van der Waals surface area contributed by atoms with Gasteiger partial charge >= 0.3 is 6.03 Å². The predicted octanol–water partition coefficient (Wildman–Crippen LogP) is 3.57. The maximum atomic E-state index is 12.4. The van der Waals surface area contributed by atoms with E-state index in [4.69, 9.17) is 9.15 Å². The second kappa shape index (κ2) is 6.13. The Labute approximate surface area is 127 Å². The summed E-state index contributed by atoms with van der Waals surface area (Å²) >= 11 is 1.70. The van der Waals surface area contributed by atoms with E-state index in [0.717, 1.165) is 17.2 Å². The standard InChI is InChI=1S/C15H16N2O3S/c1-19-12-5-2-4-11(10-12)16-15(18)17-7-9-21-14(17)13-6-3-8-20-13/h2-6,8,10,14H,7,9H2,1H3,(H,16,18)/t14-/m0/s1. The molecule has 1 N–H and O–H groups in total. The van der Waals surface area contributed by atoms with Gasteiger partial charge in [0.15, 0.2) is 0 Å². The second-order valence-corrected chi connectivity index (χ2v) is 5.78. The van der Waals surface area contributed by atoms with E-state index < -0.39 is 0 Å². The minimum absolute atomic E-state index is 0.0643. The van der Waals surface area contributed by atoms with Gasteiger partial charge < -0.3 is 19.4 Å². The van der Waals surface area contributed by atoms with Crippen molar-refractivity contribution < 1.29 is 13.9 Å². The van der Waals surface area contributed by atoms with Gasteiger partial charge in [-0.15, -0.1) is 11.8 Å². The number of urea groups is 1. The first-order chi connectivity index (χ1) is 10.3. The van der Waals surface area contributed by atoms with E-state index >= 15 is 0 Å². The molecule has 5 nitrogen and oxygen atoms in total. The molecule has 1 aromatic carbocycles. The Morgan fingerprint density at radius 2 is 2.33 bits per heavy atom. The summed E-state index contributed by atoms with van der Waals surface area (Å²) in [5.74, 6) is 2.42. The van der Waals surface area contributed by atoms with Crippen LogP contribution < -0.4 is 10.1 Å². The first-order valence-corrected chi connectivity index (χ1v) is 7.69. The summed E-state index contributed by atoms with van der Waals surface area (Å²) in [5, 5.41) is 2.84. The van der Waals surface area contributed by atoms with Gasteiger partial charge in [-0.05, 0) is 24.3 Å². The Kier molecular flexibility index (Phi) is 4.06. The van der Waals surface area contributed by atoms with E-state index in [-0.39, 0.29) is 11.4 Å². The number of hydrogen-bond acceptors (Lipinski definition) is 4. The van der Waals surface area contributed by atoms with Crippen LogP contribution in [0.1, 0.15) is 11.1 Å². The molecule has 0 aliphatic carbocycles. The van der Waals surface area contributed by atoms with Gasteiger partial charge in [-0.25, -0.2) is 4.79 Å². The van der Waals surface area contributed by atoms with E-state index in [0.29, 0.717) is 12.3 Å². The lowest BCUT2D eigenvalue weighted by atomic mass is 10.3. The van der Waals surface area contributed by atoms with E-state index in [2.05, 4.69) is 5.32 Å². The predicted molar refractivity (Wildman–Crippen MR) is 82.6 cm³/mol. The summed E-state index contributed by atoms with van der Waals surface area (Å²) in [4.78, 5) is 14.2. The fraction of sp³-hybridized carbons (Fsp3) is 0.267. The van der Waals surface area contributed by atoms with Gasteiger partial charge in [0.1, 0.15) is 16.9 Å². The molecular weight excluding hydrogens is 288 g/mol. The third kappa shape index (κ3) is 3.00. The van der Waals surface area contributed by atoms with Gasteiger partial charge in [0.2, 0.25) is 0 Å². The highest BCUT2D eigenvalue weighted by Gasteiger charge is 2.32. The zero-order valence-electron chi connectivity index (χ0n) is 11.6. The van der Waals surface area contributed by atoms with Crippen molar-refractivity contribution in [1.29, 1.82) is 0 Å². The van der Waals surface area contributed by atoms with Crippen LogP contribution in [0.2, 0.25) is 0 Å². The van der Waals surface area contributed by atoms with Crippen molar-refractivity contribution in [2.45, 2.75) is 5.37 Å². The van der Waals surface area contributed by atoms with Gasteiger partial charge in [0.25, 0.3) is 0 Å². The molecule has 6 heteroatoms. The number of ether oxygens (including phenoxy) is 1. The smallest absolute Gasteiger partial charge is 0.323 e. The fourth-order valence-corrected chi connectivity index (χ4v) is 3.45. The molecule has 2 aromatic rings. The molecule has 1 fully saturated rings. The SMILES string of the molecule is COc1cccc(NC(=O)N2CCS[C@H]2c2ccco2)c1. The van der Waals surface area contributed by atoms with Crippen LogP contribution >= 0.6 is 11.8 Å².